The molecule has 0 N–H and O–H groups in total. The summed E-state index contributed by atoms with van der Waals surface area (Å²) >= 11 is 0. The monoisotopic (exact) mass is 334 g/mol. The Morgan fingerprint density at radius 2 is 0.773 bits per heavy atom. The van der Waals surface area contributed by atoms with E-state index in [1.165, 1.54) is 41.5 Å². The minimum atomic E-state index is -4.31. The van der Waals surface area contributed by atoms with E-state index < -0.39 is 47.9 Å². The summed E-state index contributed by atoms with van der Waals surface area (Å²) in [6.45, 7) is 9.00. The second kappa shape index (κ2) is 7.91. The lowest BCUT2D eigenvalue weighted by atomic mass is 9.76. The molecule has 0 aliphatic carbocycles. The van der Waals surface area contributed by atoms with E-state index in [2.05, 4.69) is 0 Å². The number of hydrogen-bond acceptors (Lipinski definition) is 0. The highest BCUT2D eigenvalue weighted by atomic mass is 19.4. The summed E-state index contributed by atoms with van der Waals surface area (Å²) in [4.78, 5) is 0. The van der Waals surface area contributed by atoms with Gasteiger partial charge in [0.2, 0.25) is 0 Å². The van der Waals surface area contributed by atoms with E-state index in [0.717, 1.165) is 0 Å². The van der Waals surface area contributed by atoms with Crippen LogP contribution in [0.3, 0.4) is 0 Å². The van der Waals surface area contributed by atoms with Crippen LogP contribution in [0.25, 0.3) is 0 Å². The van der Waals surface area contributed by atoms with Gasteiger partial charge in [0.15, 0.2) is 0 Å². The molecule has 0 aromatic carbocycles. The molecule has 0 saturated carbocycles. The highest BCUT2D eigenvalue weighted by Gasteiger charge is 2.46. The first-order valence-corrected chi connectivity index (χ1v) is 7.83. The number of halogens is 6. The van der Waals surface area contributed by atoms with Crippen LogP contribution in [0.4, 0.5) is 26.3 Å². The Morgan fingerprint density at radius 3 is 0.909 bits per heavy atom. The maximum atomic E-state index is 13.0. The van der Waals surface area contributed by atoms with Crippen LogP contribution in [-0.2, 0) is 0 Å². The second-order valence-corrected chi connectivity index (χ2v) is 7.15. The third kappa shape index (κ3) is 6.37. The highest BCUT2D eigenvalue weighted by molar-refractivity contribution is 4.80. The normalized spacial score (nSPS) is 19.4. The van der Waals surface area contributed by atoms with Crippen LogP contribution in [0.2, 0.25) is 0 Å². The first kappa shape index (κ1) is 21.6. The number of rotatable bonds is 7. The Hall–Kier alpha value is -0.420. The predicted octanol–water partition coefficient (Wildman–Crippen LogP) is 6.71. The highest BCUT2D eigenvalue weighted by Crippen LogP contribution is 2.42. The Labute approximate surface area is 129 Å². The fourth-order valence-corrected chi connectivity index (χ4v) is 3.60. The van der Waals surface area contributed by atoms with Crippen molar-refractivity contribution in [3.05, 3.63) is 0 Å². The average Bonchev–Trinajstić information content (AvgIpc) is 2.20. The molecule has 0 rings (SSSR count). The molecule has 6 heteroatoms. The number of alkyl halides is 6. The van der Waals surface area contributed by atoms with Crippen molar-refractivity contribution in [2.45, 2.75) is 66.7 Å². The Kier molecular flexibility index (Phi) is 7.76. The lowest BCUT2D eigenvalue weighted by Gasteiger charge is -2.33. The zero-order valence-corrected chi connectivity index (χ0v) is 14.1. The van der Waals surface area contributed by atoms with Crippen LogP contribution in [0.1, 0.15) is 54.4 Å². The zero-order valence-electron chi connectivity index (χ0n) is 14.1. The van der Waals surface area contributed by atoms with Gasteiger partial charge in [-0.3, -0.25) is 0 Å². The molecular weight excluding hydrogens is 306 g/mol. The maximum absolute atomic E-state index is 13.0. The van der Waals surface area contributed by atoms with Crippen LogP contribution in [-0.4, -0.2) is 12.4 Å². The molecule has 0 radical (unpaired) electrons. The fraction of sp³-hybridized carbons (Fsp3) is 1.00. The van der Waals surface area contributed by atoms with Crippen molar-refractivity contribution in [1.82, 2.24) is 0 Å². The van der Waals surface area contributed by atoms with Crippen molar-refractivity contribution in [1.29, 1.82) is 0 Å². The van der Waals surface area contributed by atoms with E-state index in [9.17, 15) is 26.3 Å². The van der Waals surface area contributed by atoms with E-state index in [1.54, 1.807) is 0 Å². The van der Waals surface area contributed by atoms with Gasteiger partial charge in [0.1, 0.15) is 0 Å². The smallest absolute Gasteiger partial charge is 0.171 e. The number of hydrogen-bond donors (Lipinski definition) is 0. The molecule has 0 amide bonds. The SMILES string of the molecule is CC(C)[C@H](C(C)CCC(C)[C@@H](C(C)C)C(F)(F)F)C(F)(F)F. The van der Waals surface area contributed by atoms with Gasteiger partial charge in [-0.2, -0.15) is 26.3 Å². The maximum Gasteiger partial charge on any atom is 0.392 e. The molecule has 0 aliphatic rings. The van der Waals surface area contributed by atoms with Gasteiger partial charge in [-0.15, -0.1) is 0 Å². The van der Waals surface area contributed by atoms with Gasteiger partial charge < -0.3 is 0 Å². The van der Waals surface area contributed by atoms with Crippen molar-refractivity contribution in [3.8, 4) is 0 Å². The van der Waals surface area contributed by atoms with Gasteiger partial charge in [-0.05, 0) is 36.5 Å². The van der Waals surface area contributed by atoms with Crippen molar-refractivity contribution < 1.29 is 26.3 Å². The first-order valence-electron chi connectivity index (χ1n) is 7.83. The fourth-order valence-electron chi connectivity index (χ4n) is 3.60. The predicted molar refractivity (Wildman–Crippen MR) is 76.3 cm³/mol. The molecular formula is C16H28F6. The van der Waals surface area contributed by atoms with E-state index in [0.29, 0.717) is 0 Å². The summed E-state index contributed by atoms with van der Waals surface area (Å²) in [5, 5.41) is 0. The molecule has 0 saturated heterocycles. The summed E-state index contributed by atoms with van der Waals surface area (Å²) in [6.07, 6.45) is -8.30. The minimum Gasteiger partial charge on any atom is -0.171 e. The van der Waals surface area contributed by atoms with Crippen molar-refractivity contribution >= 4 is 0 Å². The molecule has 0 heterocycles. The van der Waals surface area contributed by atoms with Crippen LogP contribution >= 0.6 is 0 Å². The largest absolute Gasteiger partial charge is 0.392 e. The first-order chi connectivity index (χ1) is 9.69. The third-order valence-electron chi connectivity index (χ3n) is 4.50. The summed E-state index contributed by atoms with van der Waals surface area (Å²) in [5.41, 5.74) is 0. The molecule has 0 spiro atoms. The molecule has 2 unspecified atom stereocenters. The molecule has 4 atom stereocenters. The minimum absolute atomic E-state index is 0.156. The van der Waals surface area contributed by atoms with Crippen LogP contribution in [0, 0.1) is 35.5 Å². The molecule has 0 aromatic rings. The summed E-state index contributed by atoms with van der Waals surface area (Å²) in [7, 11) is 0. The van der Waals surface area contributed by atoms with Gasteiger partial charge in [0.25, 0.3) is 0 Å². The molecule has 0 nitrogen and oxygen atoms in total. The van der Waals surface area contributed by atoms with Crippen molar-refractivity contribution in [2.75, 3.05) is 0 Å². The van der Waals surface area contributed by atoms with E-state index >= 15 is 0 Å². The summed E-state index contributed by atoms with van der Waals surface area (Å²) in [5.74, 6) is -5.44. The molecule has 0 aromatic heterocycles. The van der Waals surface area contributed by atoms with Gasteiger partial charge in [0.05, 0.1) is 11.8 Å². The van der Waals surface area contributed by atoms with Gasteiger partial charge in [-0.25, -0.2) is 0 Å². The van der Waals surface area contributed by atoms with E-state index in [4.69, 9.17) is 0 Å². The quantitative estimate of drug-likeness (QED) is 0.454. The molecule has 22 heavy (non-hydrogen) atoms. The summed E-state index contributed by atoms with van der Waals surface area (Å²) < 4.78 is 78.3. The van der Waals surface area contributed by atoms with E-state index in [-0.39, 0.29) is 12.8 Å². The van der Waals surface area contributed by atoms with Crippen LogP contribution in [0.15, 0.2) is 0 Å². The Balaban J connectivity index is 4.84. The Morgan fingerprint density at radius 1 is 0.545 bits per heavy atom. The second-order valence-electron chi connectivity index (χ2n) is 7.15. The summed E-state index contributed by atoms with van der Waals surface area (Å²) in [6, 6.07) is 0. The van der Waals surface area contributed by atoms with Crippen molar-refractivity contribution in [3.63, 3.8) is 0 Å². The van der Waals surface area contributed by atoms with Gasteiger partial charge >= 0.3 is 12.4 Å². The van der Waals surface area contributed by atoms with Gasteiger partial charge in [-0.1, -0.05) is 41.5 Å². The third-order valence-corrected chi connectivity index (χ3v) is 4.50. The standard InChI is InChI=1S/C16H28F6/c1-9(2)13(15(17,18)19)11(5)7-8-12(6)14(10(3)4)16(20,21)22/h9-14H,7-8H2,1-6H3/t11?,12?,13-,14-/m1/s1. The average molecular weight is 334 g/mol. The van der Waals surface area contributed by atoms with Crippen LogP contribution < -0.4 is 0 Å². The molecule has 0 bridgehead atoms. The molecule has 0 aliphatic heterocycles. The topological polar surface area (TPSA) is 0 Å². The molecule has 134 valence electrons. The Bertz CT molecular complexity index is 284. The lowest BCUT2D eigenvalue weighted by molar-refractivity contribution is -0.206. The zero-order chi connectivity index (χ0) is 17.9. The van der Waals surface area contributed by atoms with E-state index in [1.807, 2.05) is 0 Å². The van der Waals surface area contributed by atoms with Crippen molar-refractivity contribution in [2.24, 2.45) is 35.5 Å². The van der Waals surface area contributed by atoms with Gasteiger partial charge in [0, 0.05) is 0 Å². The molecule has 0 fully saturated rings. The lowest BCUT2D eigenvalue weighted by Crippen LogP contribution is -2.35. The van der Waals surface area contributed by atoms with Crippen LogP contribution in [0.5, 0.6) is 0 Å².